The summed E-state index contributed by atoms with van der Waals surface area (Å²) in [5.74, 6) is 0.465. The zero-order chi connectivity index (χ0) is 12.3. The maximum Gasteiger partial charge on any atom is 0.322 e. The van der Waals surface area contributed by atoms with Gasteiger partial charge >= 0.3 is 6.01 Å². The first-order valence-corrected chi connectivity index (χ1v) is 6.04. The summed E-state index contributed by atoms with van der Waals surface area (Å²) in [5, 5.41) is 9.58. The fraction of sp³-hybridized carbons (Fsp3) is 0.700. The molecule has 2 heterocycles. The number of anilines is 1. The van der Waals surface area contributed by atoms with Crippen molar-refractivity contribution in [3.8, 4) is 6.01 Å². The molecule has 1 aliphatic rings. The molecule has 1 atom stereocenters. The number of halogens is 1. The quantitative estimate of drug-likeness (QED) is 0.865. The monoisotopic (exact) mass is 258 g/mol. The predicted octanol–water partition coefficient (Wildman–Crippen LogP) is 0.885. The van der Waals surface area contributed by atoms with Crippen LogP contribution in [0.1, 0.15) is 19.8 Å². The van der Waals surface area contributed by atoms with Gasteiger partial charge in [0.1, 0.15) is 0 Å². The molecule has 7 heteroatoms. The Hall–Kier alpha value is -1.14. The summed E-state index contributed by atoms with van der Waals surface area (Å²) in [4.78, 5) is 14.0. The average molecular weight is 259 g/mol. The van der Waals surface area contributed by atoms with Crippen molar-refractivity contribution in [3.05, 3.63) is 5.28 Å². The van der Waals surface area contributed by atoms with Crippen molar-refractivity contribution in [3.63, 3.8) is 0 Å². The molecule has 1 unspecified atom stereocenters. The normalized spacial score (nSPS) is 19.7. The number of aliphatic hydroxyl groups excluding tert-OH is 1. The first-order chi connectivity index (χ1) is 8.19. The van der Waals surface area contributed by atoms with E-state index >= 15 is 0 Å². The molecular formula is C10H15ClN4O2. The fourth-order valence-electron chi connectivity index (χ4n) is 1.64. The number of nitrogens with zero attached hydrogens (tertiary/aromatic N) is 4. The van der Waals surface area contributed by atoms with Crippen molar-refractivity contribution < 1.29 is 9.84 Å². The first-order valence-electron chi connectivity index (χ1n) is 5.66. The van der Waals surface area contributed by atoms with Crippen molar-refractivity contribution >= 4 is 17.5 Å². The molecule has 6 nitrogen and oxygen atoms in total. The van der Waals surface area contributed by atoms with E-state index in [1.807, 2.05) is 11.8 Å². The molecule has 0 aliphatic carbocycles. The van der Waals surface area contributed by atoms with Crippen LogP contribution in [-0.4, -0.2) is 45.9 Å². The largest absolute Gasteiger partial charge is 0.463 e. The van der Waals surface area contributed by atoms with E-state index in [1.165, 1.54) is 0 Å². The van der Waals surface area contributed by atoms with Crippen LogP contribution in [0, 0.1) is 0 Å². The Kier molecular flexibility index (Phi) is 3.96. The van der Waals surface area contributed by atoms with Crippen LogP contribution in [0.2, 0.25) is 5.28 Å². The average Bonchev–Trinajstić information content (AvgIpc) is 2.72. The van der Waals surface area contributed by atoms with Crippen LogP contribution in [0.4, 0.5) is 5.95 Å². The van der Waals surface area contributed by atoms with Crippen molar-refractivity contribution in [2.45, 2.75) is 25.9 Å². The summed E-state index contributed by atoms with van der Waals surface area (Å²) in [6, 6.07) is 0.239. The molecule has 2 rings (SSSR count). The van der Waals surface area contributed by atoms with Gasteiger partial charge in [-0.1, -0.05) is 6.92 Å². The van der Waals surface area contributed by atoms with Gasteiger partial charge in [-0.25, -0.2) is 0 Å². The molecule has 1 aliphatic heterocycles. The minimum absolute atomic E-state index is 0.113. The zero-order valence-corrected chi connectivity index (χ0v) is 10.4. The minimum atomic E-state index is -0.328. The Morgan fingerprint density at radius 3 is 2.94 bits per heavy atom. The molecule has 94 valence electrons. The van der Waals surface area contributed by atoms with Gasteiger partial charge in [0.25, 0.3) is 0 Å². The summed E-state index contributed by atoms with van der Waals surface area (Å²) in [6.45, 7) is 3.78. The number of hydrogen-bond donors (Lipinski definition) is 1. The van der Waals surface area contributed by atoms with Crippen molar-refractivity contribution in [2.75, 3.05) is 24.6 Å². The number of β-amino-alcohol motifs (C(OH)–C–C–N with tert-alkyl or cyclic N) is 1. The van der Waals surface area contributed by atoms with Gasteiger partial charge in [0, 0.05) is 13.1 Å². The molecule has 0 aromatic carbocycles. The molecule has 0 spiro atoms. The van der Waals surface area contributed by atoms with Gasteiger partial charge in [-0.2, -0.15) is 15.0 Å². The van der Waals surface area contributed by atoms with Gasteiger partial charge in [0.2, 0.25) is 11.2 Å². The van der Waals surface area contributed by atoms with Crippen molar-refractivity contribution in [2.24, 2.45) is 0 Å². The third-order valence-corrected chi connectivity index (χ3v) is 2.63. The van der Waals surface area contributed by atoms with Gasteiger partial charge in [0.15, 0.2) is 0 Å². The Labute approximate surface area is 105 Å². The molecule has 0 amide bonds. The van der Waals surface area contributed by atoms with E-state index < -0.39 is 0 Å². The topological polar surface area (TPSA) is 71.4 Å². The highest BCUT2D eigenvalue weighted by Crippen LogP contribution is 2.19. The molecule has 1 fully saturated rings. The van der Waals surface area contributed by atoms with Gasteiger partial charge < -0.3 is 14.7 Å². The van der Waals surface area contributed by atoms with E-state index in [2.05, 4.69) is 15.0 Å². The molecule has 1 aromatic rings. The molecule has 1 saturated heterocycles. The van der Waals surface area contributed by atoms with E-state index in [0.29, 0.717) is 32.1 Å². The highest BCUT2D eigenvalue weighted by Gasteiger charge is 2.23. The second-order valence-corrected chi connectivity index (χ2v) is 4.26. The molecule has 1 aromatic heterocycles. The number of aliphatic hydroxyl groups is 1. The number of rotatable bonds is 4. The van der Waals surface area contributed by atoms with Crippen molar-refractivity contribution in [1.29, 1.82) is 0 Å². The highest BCUT2D eigenvalue weighted by molar-refractivity contribution is 6.28. The maximum absolute atomic E-state index is 9.46. The minimum Gasteiger partial charge on any atom is -0.463 e. The summed E-state index contributed by atoms with van der Waals surface area (Å²) in [6.07, 6.45) is 1.26. The summed E-state index contributed by atoms with van der Waals surface area (Å²) in [7, 11) is 0. The summed E-state index contributed by atoms with van der Waals surface area (Å²) in [5.41, 5.74) is 0. The second-order valence-electron chi connectivity index (χ2n) is 3.92. The van der Waals surface area contributed by atoms with Gasteiger partial charge in [-0.05, 0) is 24.4 Å². The van der Waals surface area contributed by atoms with Crippen LogP contribution in [0.5, 0.6) is 6.01 Å². The SMILES string of the molecule is CCCOc1nc(Cl)nc(N2CCC(O)C2)n1. The number of aromatic nitrogens is 3. The van der Waals surface area contributed by atoms with E-state index in [-0.39, 0.29) is 17.4 Å². The van der Waals surface area contributed by atoms with Crippen LogP contribution < -0.4 is 9.64 Å². The lowest BCUT2D eigenvalue weighted by Crippen LogP contribution is -2.24. The van der Waals surface area contributed by atoms with Crippen LogP contribution in [0.15, 0.2) is 0 Å². The van der Waals surface area contributed by atoms with E-state index in [1.54, 1.807) is 0 Å². The molecule has 0 bridgehead atoms. The summed E-state index contributed by atoms with van der Waals surface area (Å²) < 4.78 is 5.33. The maximum atomic E-state index is 9.46. The number of hydrogen-bond acceptors (Lipinski definition) is 6. The third kappa shape index (κ3) is 3.17. The Morgan fingerprint density at radius 2 is 2.29 bits per heavy atom. The third-order valence-electron chi connectivity index (χ3n) is 2.46. The zero-order valence-electron chi connectivity index (χ0n) is 9.64. The highest BCUT2D eigenvalue weighted by atomic mass is 35.5. The lowest BCUT2D eigenvalue weighted by Gasteiger charge is -2.15. The van der Waals surface area contributed by atoms with Crippen molar-refractivity contribution in [1.82, 2.24) is 15.0 Å². The molecule has 0 saturated carbocycles. The summed E-state index contributed by atoms with van der Waals surface area (Å²) >= 11 is 5.81. The van der Waals surface area contributed by atoms with Crippen LogP contribution >= 0.6 is 11.6 Å². The van der Waals surface area contributed by atoms with E-state index in [4.69, 9.17) is 16.3 Å². The number of ether oxygens (including phenoxy) is 1. The van der Waals surface area contributed by atoms with Gasteiger partial charge in [0.05, 0.1) is 12.7 Å². The lowest BCUT2D eigenvalue weighted by molar-refractivity contribution is 0.198. The Bertz CT molecular complexity index is 391. The standard InChI is InChI=1S/C10H15ClN4O2/c1-2-5-17-10-13-8(11)12-9(14-10)15-4-3-7(16)6-15/h7,16H,2-6H2,1H3. The van der Waals surface area contributed by atoms with Crippen LogP contribution in [-0.2, 0) is 0 Å². The van der Waals surface area contributed by atoms with Crippen LogP contribution in [0.3, 0.4) is 0 Å². The van der Waals surface area contributed by atoms with Crippen LogP contribution in [0.25, 0.3) is 0 Å². The van der Waals surface area contributed by atoms with E-state index in [9.17, 15) is 5.11 Å². The fourth-order valence-corrected chi connectivity index (χ4v) is 1.79. The smallest absolute Gasteiger partial charge is 0.322 e. The Balaban J connectivity index is 2.13. The van der Waals surface area contributed by atoms with Gasteiger partial charge in [-0.3, -0.25) is 0 Å². The molecule has 1 N–H and O–H groups in total. The van der Waals surface area contributed by atoms with Gasteiger partial charge in [-0.15, -0.1) is 0 Å². The molecular weight excluding hydrogens is 244 g/mol. The first kappa shape index (κ1) is 12.3. The second kappa shape index (κ2) is 5.46. The Morgan fingerprint density at radius 1 is 1.47 bits per heavy atom. The molecule has 0 radical (unpaired) electrons. The molecule has 17 heavy (non-hydrogen) atoms. The predicted molar refractivity (Wildman–Crippen MR) is 63.5 cm³/mol. The lowest BCUT2D eigenvalue weighted by atomic mass is 10.3. The van der Waals surface area contributed by atoms with E-state index in [0.717, 1.165) is 6.42 Å².